The maximum atomic E-state index is 12.3. The molecule has 2 aliphatic rings. The second kappa shape index (κ2) is 11.8. The Morgan fingerprint density at radius 1 is 0.541 bits per heavy atom. The molecule has 1 atom stereocenters. The van der Waals surface area contributed by atoms with Gasteiger partial charge in [0, 0.05) is 31.9 Å². The van der Waals surface area contributed by atoms with Crippen molar-refractivity contribution in [2.45, 2.75) is 69.1 Å². The molecule has 2 heterocycles. The number of nitrogens with zero attached hydrogens (tertiary/aromatic N) is 2. The Morgan fingerprint density at radius 3 is 1.59 bits per heavy atom. The topological polar surface area (TPSA) is 46.9 Å². The molecule has 1 unspecified atom stereocenters. The van der Waals surface area contributed by atoms with Crippen LogP contribution in [0.3, 0.4) is 0 Å². The summed E-state index contributed by atoms with van der Waals surface area (Å²) in [6, 6.07) is 28.6. The lowest BCUT2D eigenvalue weighted by Crippen LogP contribution is -2.49. The summed E-state index contributed by atoms with van der Waals surface area (Å²) in [5, 5.41) is 24.3. The van der Waals surface area contributed by atoms with E-state index in [-0.39, 0.29) is 0 Å². The first-order chi connectivity index (χ1) is 18.1. The van der Waals surface area contributed by atoms with E-state index in [2.05, 4.69) is 34.1 Å². The molecule has 4 heteroatoms. The zero-order chi connectivity index (χ0) is 25.6. The summed E-state index contributed by atoms with van der Waals surface area (Å²) in [7, 11) is 0. The summed E-state index contributed by atoms with van der Waals surface area (Å²) in [4.78, 5) is 4.74. The molecule has 0 radical (unpaired) electrons. The van der Waals surface area contributed by atoms with Crippen LogP contribution < -0.4 is 4.90 Å². The second-order valence-corrected chi connectivity index (χ2v) is 10.9. The first kappa shape index (κ1) is 26.0. The summed E-state index contributed by atoms with van der Waals surface area (Å²) in [5.74, 6) is 0. The lowest BCUT2D eigenvalue weighted by atomic mass is 9.81. The van der Waals surface area contributed by atoms with Crippen molar-refractivity contribution in [3.63, 3.8) is 0 Å². The SMILES string of the molecule is OC(CCCC(O)(c1ccc(N2CCCCC2)cc1)N1CCCCC1)(c1ccccc1)c1ccccc1. The van der Waals surface area contributed by atoms with Crippen LogP contribution in [-0.4, -0.2) is 41.3 Å². The van der Waals surface area contributed by atoms with Crippen LogP contribution in [0.15, 0.2) is 84.9 Å². The van der Waals surface area contributed by atoms with E-state index in [9.17, 15) is 10.2 Å². The van der Waals surface area contributed by atoms with Gasteiger partial charge in [0.05, 0.1) is 0 Å². The summed E-state index contributed by atoms with van der Waals surface area (Å²) < 4.78 is 0. The zero-order valence-electron chi connectivity index (χ0n) is 22.1. The Hall–Kier alpha value is -2.66. The van der Waals surface area contributed by atoms with Crippen LogP contribution in [0.4, 0.5) is 5.69 Å². The van der Waals surface area contributed by atoms with Gasteiger partial charge < -0.3 is 15.1 Å². The number of anilines is 1. The molecule has 0 spiro atoms. The van der Waals surface area contributed by atoms with Crippen LogP contribution in [0.25, 0.3) is 0 Å². The third-order valence-electron chi connectivity index (χ3n) is 8.50. The van der Waals surface area contributed by atoms with Gasteiger partial charge in [-0.3, -0.25) is 4.90 Å². The number of rotatable bonds is 9. The Bertz CT molecular complexity index is 1050. The lowest BCUT2D eigenvalue weighted by molar-refractivity contribution is -0.132. The van der Waals surface area contributed by atoms with E-state index >= 15 is 0 Å². The highest BCUT2D eigenvalue weighted by atomic mass is 16.3. The molecule has 0 aliphatic carbocycles. The average Bonchev–Trinajstić information content (AvgIpc) is 2.99. The first-order valence-corrected chi connectivity index (χ1v) is 14.3. The number of hydrogen-bond acceptors (Lipinski definition) is 4. The molecule has 2 saturated heterocycles. The maximum Gasteiger partial charge on any atom is 0.144 e. The standard InChI is InChI=1S/C33H42N2O2/c36-32(28-14-5-1-6-15-28,29-16-7-2-8-17-29)22-13-23-33(37,35-26-11-4-12-27-35)30-18-20-31(21-19-30)34-24-9-3-10-25-34/h1-2,5-8,14-21,36-37H,3-4,9-13,22-27H2. The van der Waals surface area contributed by atoms with Crippen molar-refractivity contribution in [3.05, 3.63) is 102 Å². The maximum absolute atomic E-state index is 12.3. The number of hydrogen-bond donors (Lipinski definition) is 2. The molecule has 2 fully saturated rings. The minimum Gasteiger partial charge on any atom is -0.380 e. The van der Waals surface area contributed by atoms with E-state index in [1.54, 1.807) is 0 Å². The molecule has 5 rings (SSSR count). The van der Waals surface area contributed by atoms with Gasteiger partial charge in [0.15, 0.2) is 0 Å². The predicted octanol–water partition coefficient (Wildman–Crippen LogP) is 6.41. The molecule has 2 N–H and O–H groups in total. The highest BCUT2D eigenvalue weighted by molar-refractivity contribution is 5.48. The van der Waals surface area contributed by atoms with E-state index in [1.807, 2.05) is 60.7 Å². The van der Waals surface area contributed by atoms with Crippen molar-refractivity contribution >= 4 is 5.69 Å². The Kier molecular flexibility index (Phi) is 8.29. The van der Waals surface area contributed by atoms with Crippen molar-refractivity contribution in [3.8, 4) is 0 Å². The quantitative estimate of drug-likeness (QED) is 0.358. The molecule has 3 aromatic rings. The van der Waals surface area contributed by atoms with Crippen LogP contribution in [-0.2, 0) is 11.3 Å². The van der Waals surface area contributed by atoms with E-state index in [0.717, 1.165) is 55.7 Å². The van der Waals surface area contributed by atoms with Crippen molar-refractivity contribution in [1.29, 1.82) is 0 Å². The summed E-state index contributed by atoms with van der Waals surface area (Å²) in [6.45, 7) is 4.05. The lowest BCUT2D eigenvalue weighted by Gasteiger charge is -2.43. The van der Waals surface area contributed by atoms with Gasteiger partial charge in [-0.2, -0.15) is 0 Å². The fourth-order valence-electron chi connectivity index (χ4n) is 6.31. The Morgan fingerprint density at radius 2 is 1.05 bits per heavy atom. The van der Waals surface area contributed by atoms with E-state index in [0.29, 0.717) is 19.3 Å². The average molecular weight is 499 g/mol. The van der Waals surface area contributed by atoms with Crippen molar-refractivity contribution < 1.29 is 10.2 Å². The molecule has 196 valence electrons. The van der Waals surface area contributed by atoms with Gasteiger partial charge in [-0.1, -0.05) is 79.2 Å². The normalized spacial score (nSPS) is 18.9. The molecule has 37 heavy (non-hydrogen) atoms. The van der Waals surface area contributed by atoms with E-state index in [4.69, 9.17) is 0 Å². The fraction of sp³-hybridized carbons (Fsp3) is 0.455. The number of aliphatic hydroxyl groups is 2. The molecule has 0 amide bonds. The van der Waals surface area contributed by atoms with Crippen molar-refractivity contribution in [2.24, 2.45) is 0 Å². The minimum absolute atomic E-state index is 0.545. The van der Waals surface area contributed by atoms with Crippen LogP contribution in [0.2, 0.25) is 0 Å². The smallest absolute Gasteiger partial charge is 0.144 e. The van der Waals surface area contributed by atoms with Gasteiger partial charge in [0.2, 0.25) is 0 Å². The number of piperidine rings is 2. The van der Waals surface area contributed by atoms with E-state index in [1.165, 1.54) is 31.4 Å². The monoisotopic (exact) mass is 498 g/mol. The highest BCUT2D eigenvalue weighted by Crippen LogP contribution is 2.39. The highest BCUT2D eigenvalue weighted by Gasteiger charge is 2.38. The Balaban J connectivity index is 1.38. The number of likely N-dealkylation sites (tertiary alicyclic amines) is 1. The van der Waals surface area contributed by atoms with Crippen molar-refractivity contribution in [2.75, 3.05) is 31.1 Å². The predicted molar refractivity (Wildman–Crippen MR) is 152 cm³/mol. The van der Waals surface area contributed by atoms with Gasteiger partial charge in [0.25, 0.3) is 0 Å². The Labute approximate surface area is 222 Å². The third-order valence-corrected chi connectivity index (χ3v) is 8.50. The van der Waals surface area contributed by atoms with Gasteiger partial charge in [-0.25, -0.2) is 0 Å². The van der Waals surface area contributed by atoms with Gasteiger partial charge in [-0.05, 0) is 80.2 Å². The second-order valence-electron chi connectivity index (χ2n) is 10.9. The fourth-order valence-corrected chi connectivity index (χ4v) is 6.31. The molecule has 0 bridgehead atoms. The molecule has 2 aliphatic heterocycles. The van der Waals surface area contributed by atoms with Gasteiger partial charge >= 0.3 is 0 Å². The molecule has 4 nitrogen and oxygen atoms in total. The molecule has 3 aromatic carbocycles. The molecular weight excluding hydrogens is 456 g/mol. The molecule has 0 saturated carbocycles. The van der Waals surface area contributed by atoms with Crippen LogP contribution in [0.1, 0.15) is 74.5 Å². The van der Waals surface area contributed by atoms with Gasteiger partial charge in [-0.15, -0.1) is 0 Å². The van der Waals surface area contributed by atoms with Crippen molar-refractivity contribution in [1.82, 2.24) is 4.90 Å². The summed E-state index contributed by atoms with van der Waals surface area (Å²) in [5.41, 5.74) is 1.89. The zero-order valence-corrected chi connectivity index (χ0v) is 22.1. The van der Waals surface area contributed by atoms with Gasteiger partial charge in [0.1, 0.15) is 11.3 Å². The summed E-state index contributed by atoms with van der Waals surface area (Å²) in [6.07, 6.45) is 9.11. The largest absolute Gasteiger partial charge is 0.380 e. The number of benzene rings is 3. The van der Waals surface area contributed by atoms with E-state index < -0.39 is 11.3 Å². The van der Waals surface area contributed by atoms with Crippen LogP contribution >= 0.6 is 0 Å². The first-order valence-electron chi connectivity index (χ1n) is 14.3. The summed E-state index contributed by atoms with van der Waals surface area (Å²) >= 11 is 0. The molecular formula is C33H42N2O2. The minimum atomic E-state index is -1.09. The third kappa shape index (κ3) is 5.77. The van der Waals surface area contributed by atoms with Crippen LogP contribution in [0.5, 0.6) is 0 Å². The molecule has 0 aromatic heterocycles. The van der Waals surface area contributed by atoms with Crippen LogP contribution in [0, 0.1) is 0 Å².